The van der Waals surface area contributed by atoms with Gasteiger partial charge in [-0.1, -0.05) is 17.7 Å². The molecule has 17 heavy (non-hydrogen) atoms. The van der Waals surface area contributed by atoms with Crippen molar-refractivity contribution in [2.45, 2.75) is 0 Å². The second kappa shape index (κ2) is 4.84. The van der Waals surface area contributed by atoms with E-state index in [1.165, 1.54) is 18.3 Å². The Balaban J connectivity index is 2.17. The van der Waals surface area contributed by atoms with Gasteiger partial charge in [0.1, 0.15) is 0 Å². The number of nitrogens with one attached hydrogen (secondary N) is 2. The first kappa shape index (κ1) is 11.4. The summed E-state index contributed by atoms with van der Waals surface area (Å²) < 4.78 is 0. The first-order valence-corrected chi connectivity index (χ1v) is 5.28. The number of halogens is 1. The van der Waals surface area contributed by atoms with Crippen molar-refractivity contribution in [1.82, 2.24) is 4.98 Å². The van der Waals surface area contributed by atoms with Gasteiger partial charge in [0.05, 0.1) is 5.69 Å². The fourth-order valence-corrected chi connectivity index (χ4v) is 1.51. The Bertz CT molecular complexity index is 587. The van der Waals surface area contributed by atoms with Gasteiger partial charge in [0.15, 0.2) is 0 Å². The van der Waals surface area contributed by atoms with Crippen LogP contribution in [0.1, 0.15) is 10.4 Å². The molecule has 0 bridgehead atoms. The Morgan fingerprint density at radius 2 is 2.06 bits per heavy atom. The Morgan fingerprint density at radius 3 is 2.71 bits per heavy atom. The molecule has 4 nitrogen and oxygen atoms in total. The van der Waals surface area contributed by atoms with E-state index in [2.05, 4.69) is 10.3 Å². The maximum Gasteiger partial charge on any atom is 0.255 e. The molecule has 0 saturated heterocycles. The zero-order valence-corrected chi connectivity index (χ0v) is 9.49. The van der Waals surface area contributed by atoms with E-state index in [0.717, 1.165) is 0 Å². The number of aromatic amines is 1. The number of hydrogen-bond donors (Lipinski definition) is 2. The van der Waals surface area contributed by atoms with Gasteiger partial charge < -0.3 is 10.3 Å². The number of pyridine rings is 1. The van der Waals surface area contributed by atoms with Gasteiger partial charge in [0.25, 0.3) is 5.91 Å². The summed E-state index contributed by atoms with van der Waals surface area (Å²) in [7, 11) is 0. The first-order valence-electron chi connectivity index (χ1n) is 4.91. The summed E-state index contributed by atoms with van der Waals surface area (Å²) in [5.41, 5.74) is 0.768. The SMILES string of the molecule is O=C(Nc1ccc(=O)[nH]c1)c1cccc(Cl)c1. The monoisotopic (exact) mass is 248 g/mol. The molecule has 0 aliphatic carbocycles. The van der Waals surface area contributed by atoms with Crippen molar-refractivity contribution >= 4 is 23.2 Å². The second-order valence-corrected chi connectivity index (χ2v) is 3.84. The van der Waals surface area contributed by atoms with Crippen LogP contribution < -0.4 is 10.9 Å². The number of H-pyrrole nitrogens is 1. The summed E-state index contributed by atoms with van der Waals surface area (Å²) in [6, 6.07) is 9.49. The van der Waals surface area contributed by atoms with E-state index < -0.39 is 0 Å². The zero-order valence-electron chi connectivity index (χ0n) is 8.74. The van der Waals surface area contributed by atoms with Gasteiger partial charge in [-0.15, -0.1) is 0 Å². The minimum absolute atomic E-state index is 0.217. The van der Waals surface area contributed by atoms with Crippen LogP contribution in [0.25, 0.3) is 0 Å². The van der Waals surface area contributed by atoms with Crippen LogP contribution in [-0.4, -0.2) is 10.9 Å². The van der Waals surface area contributed by atoms with Crippen molar-refractivity contribution in [3.63, 3.8) is 0 Å². The lowest BCUT2D eigenvalue weighted by Crippen LogP contribution is -2.13. The van der Waals surface area contributed by atoms with E-state index in [0.29, 0.717) is 16.3 Å². The van der Waals surface area contributed by atoms with Crippen LogP contribution in [0.3, 0.4) is 0 Å². The van der Waals surface area contributed by atoms with Gasteiger partial charge in [0.2, 0.25) is 5.56 Å². The molecule has 1 aromatic heterocycles. The molecule has 2 rings (SSSR count). The van der Waals surface area contributed by atoms with Crippen molar-refractivity contribution in [1.29, 1.82) is 0 Å². The van der Waals surface area contributed by atoms with E-state index >= 15 is 0 Å². The van der Waals surface area contributed by atoms with Crippen molar-refractivity contribution in [2.24, 2.45) is 0 Å². The Hall–Kier alpha value is -2.07. The minimum atomic E-state index is -0.278. The van der Waals surface area contributed by atoms with Crippen LogP contribution in [0.15, 0.2) is 47.4 Å². The number of anilines is 1. The van der Waals surface area contributed by atoms with Crippen LogP contribution in [0.4, 0.5) is 5.69 Å². The fraction of sp³-hybridized carbons (Fsp3) is 0. The largest absolute Gasteiger partial charge is 0.327 e. The molecule has 0 aliphatic heterocycles. The summed E-state index contributed by atoms with van der Waals surface area (Å²) in [4.78, 5) is 25.1. The molecular formula is C12H9ClN2O2. The van der Waals surface area contributed by atoms with Gasteiger partial charge in [-0.05, 0) is 24.3 Å². The molecule has 0 saturated carbocycles. The predicted molar refractivity (Wildman–Crippen MR) is 66.5 cm³/mol. The van der Waals surface area contributed by atoms with Crippen molar-refractivity contribution in [3.05, 3.63) is 63.5 Å². The first-order chi connectivity index (χ1) is 8.15. The van der Waals surface area contributed by atoms with Gasteiger partial charge in [-0.2, -0.15) is 0 Å². The molecule has 0 aliphatic rings. The van der Waals surface area contributed by atoms with Crippen LogP contribution in [0, 0.1) is 0 Å². The number of aromatic nitrogens is 1. The van der Waals surface area contributed by atoms with Gasteiger partial charge in [0, 0.05) is 22.8 Å². The molecule has 1 aromatic carbocycles. The number of carbonyl (C=O) groups is 1. The topological polar surface area (TPSA) is 62.0 Å². The third-order valence-electron chi connectivity index (χ3n) is 2.13. The van der Waals surface area contributed by atoms with E-state index in [-0.39, 0.29) is 11.5 Å². The maximum atomic E-state index is 11.8. The fourth-order valence-electron chi connectivity index (χ4n) is 1.32. The molecule has 2 N–H and O–H groups in total. The summed E-state index contributed by atoms with van der Waals surface area (Å²) in [6.45, 7) is 0. The minimum Gasteiger partial charge on any atom is -0.327 e. The third kappa shape index (κ3) is 2.95. The molecule has 1 amide bonds. The third-order valence-corrected chi connectivity index (χ3v) is 2.36. The summed E-state index contributed by atoms with van der Waals surface area (Å²) in [5, 5.41) is 3.14. The average Bonchev–Trinajstić information content (AvgIpc) is 2.32. The van der Waals surface area contributed by atoms with Gasteiger partial charge in [-0.25, -0.2) is 0 Å². The number of rotatable bonds is 2. The number of carbonyl (C=O) groups excluding carboxylic acids is 1. The molecule has 0 radical (unpaired) electrons. The predicted octanol–water partition coefficient (Wildman–Crippen LogP) is 2.28. The van der Waals surface area contributed by atoms with Crippen molar-refractivity contribution in [2.75, 3.05) is 5.32 Å². The molecule has 0 fully saturated rings. The van der Waals surface area contributed by atoms with Crippen LogP contribution >= 0.6 is 11.6 Å². The maximum absolute atomic E-state index is 11.8. The highest BCUT2D eigenvalue weighted by molar-refractivity contribution is 6.31. The normalized spacial score (nSPS) is 9.94. The highest BCUT2D eigenvalue weighted by atomic mass is 35.5. The molecule has 5 heteroatoms. The highest BCUT2D eigenvalue weighted by Crippen LogP contribution is 2.12. The molecule has 1 heterocycles. The summed E-state index contributed by atoms with van der Waals surface area (Å²) >= 11 is 5.79. The molecule has 0 atom stereocenters. The molecular weight excluding hydrogens is 240 g/mol. The standard InChI is InChI=1S/C12H9ClN2O2/c13-9-3-1-2-8(6-9)12(17)15-10-4-5-11(16)14-7-10/h1-7H,(H,14,16)(H,15,17). The van der Waals surface area contributed by atoms with Crippen LogP contribution in [0.2, 0.25) is 5.02 Å². The lowest BCUT2D eigenvalue weighted by atomic mass is 10.2. The number of hydrogen-bond acceptors (Lipinski definition) is 2. The van der Waals surface area contributed by atoms with Crippen LogP contribution in [-0.2, 0) is 0 Å². The molecule has 86 valence electrons. The van der Waals surface area contributed by atoms with E-state index in [9.17, 15) is 9.59 Å². The summed E-state index contributed by atoms with van der Waals surface area (Å²) in [6.07, 6.45) is 1.44. The van der Waals surface area contributed by atoms with Crippen LogP contribution in [0.5, 0.6) is 0 Å². The Labute approximate surface area is 102 Å². The number of benzene rings is 1. The highest BCUT2D eigenvalue weighted by Gasteiger charge is 2.05. The average molecular weight is 249 g/mol. The quantitative estimate of drug-likeness (QED) is 0.857. The van der Waals surface area contributed by atoms with E-state index in [4.69, 9.17) is 11.6 Å². The van der Waals surface area contributed by atoms with Gasteiger partial charge >= 0.3 is 0 Å². The van der Waals surface area contributed by atoms with Crippen molar-refractivity contribution in [3.8, 4) is 0 Å². The second-order valence-electron chi connectivity index (χ2n) is 3.41. The van der Waals surface area contributed by atoms with Gasteiger partial charge in [-0.3, -0.25) is 9.59 Å². The molecule has 0 unspecified atom stereocenters. The molecule has 2 aromatic rings. The zero-order chi connectivity index (χ0) is 12.3. The Morgan fingerprint density at radius 1 is 1.24 bits per heavy atom. The van der Waals surface area contributed by atoms with E-state index in [1.54, 1.807) is 24.3 Å². The smallest absolute Gasteiger partial charge is 0.255 e. The molecule has 0 spiro atoms. The Kier molecular flexibility index (Phi) is 3.25. The number of amides is 1. The van der Waals surface area contributed by atoms with Crippen molar-refractivity contribution < 1.29 is 4.79 Å². The lowest BCUT2D eigenvalue weighted by Gasteiger charge is -2.04. The van der Waals surface area contributed by atoms with E-state index in [1.807, 2.05) is 0 Å². The lowest BCUT2D eigenvalue weighted by molar-refractivity contribution is 0.102. The summed E-state index contributed by atoms with van der Waals surface area (Å²) in [5.74, 6) is -0.278.